The van der Waals surface area contributed by atoms with E-state index in [2.05, 4.69) is 5.10 Å². The number of amides is 1. The fraction of sp³-hybridized carbons (Fsp3) is 0.500. The zero-order valence-corrected chi connectivity index (χ0v) is 15.6. The number of aromatic nitrogens is 3. The molecule has 6 nitrogen and oxygen atoms in total. The first-order valence-electron chi connectivity index (χ1n) is 9.04. The van der Waals surface area contributed by atoms with Gasteiger partial charge in [-0.25, -0.2) is 22.6 Å². The van der Waals surface area contributed by atoms with Crippen LogP contribution in [0.1, 0.15) is 30.3 Å². The van der Waals surface area contributed by atoms with E-state index < -0.39 is 35.8 Å². The number of carbonyl (C=O) groups is 1. The van der Waals surface area contributed by atoms with Crippen LogP contribution in [0.2, 0.25) is 5.02 Å². The van der Waals surface area contributed by atoms with Gasteiger partial charge in [-0.1, -0.05) is 17.7 Å². The lowest BCUT2D eigenvalue weighted by atomic mass is 10.0. The van der Waals surface area contributed by atoms with Gasteiger partial charge in [-0.05, 0) is 30.5 Å². The molecule has 0 unspecified atom stereocenters. The van der Waals surface area contributed by atoms with Gasteiger partial charge in [0.25, 0.3) is 0 Å². The molecule has 2 aromatic rings. The first-order valence-corrected chi connectivity index (χ1v) is 9.42. The van der Waals surface area contributed by atoms with Crippen LogP contribution in [0.15, 0.2) is 23.0 Å². The topological polar surface area (TPSA) is 60.1 Å². The van der Waals surface area contributed by atoms with Crippen molar-refractivity contribution < 1.29 is 18.0 Å². The van der Waals surface area contributed by atoms with Gasteiger partial charge in [0, 0.05) is 6.42 Å². The number of nitrogens with zero attached hydrogens (tertiary/aromatic N) is 4. The third kappa shape index (κ3) is 3.32. The molecule has 0 radical (unpaired) electrons. The van der Waals surface area contributed by atoms with Crippen molar-refractivity contribution >= 4 is 17.5 Å². The second-order valence-electron chi connectivity index (χ2n) is 7.16. The van der Waals surface area contributed by atoms with Crippen LogP contribution in [0.3, 0.4) is 0 Å². The van der Waals surface area contributed by atoms with Gasteiger partial charge in [-0.15, -0.1) is 0 Å². The van der Waals surface area contributed by atoms with Crippen molar-refractivity contribution in [3.63, 3.8) is 0 Å². The summed E-state index contributed by atoms with van der Waals surface area (Å²) in [6.45, 7) is -0.589. The summed E-state index contributed by atoms with van der Waals surface area (Å²) < 4.78 is 43.1. The molecule has 1 aromatic heterocycles. The Morgan fingerprint density at radius 2 is 1.96 bits per heavy atom. The largest absolute Gasteiger partial charge is 0.346 e. The Hall–Kier alpha value is -2.29. The first-order chi connectivity index (χ1) is 13.3. The minimum atomic E-state index is -1.70. The molecule has 2 aliphatic heterocycles. The molecule has 3 atom stereocenters. The quantitative estimate of drug-likeness (QED) is 0.774. The van der Waals surface area contributed by atoms with E-state index in [0.717, 1.165) is 4.90 Å². The number of halogens is 4. The molecule has 3 heterocycles. The van der Waals surface area contributed by atoms with E-state index in [0.29, 0.717) is 30.7 Å². The van der Waals surface area contributed by atoms with Crippen LogP contribution in [0.5, 0.6) is 0 Å². The number of fused-ring (bicyclic) bond motifs is 1. The second kappa shape index (κ2) is 7.27. The second-order valence-corrected chi connectivity index (χ2v) is 7.57. The average Bonchev–Trinajstić information content (AvgIpc) is 3.17. The van der Waals surface area contributed by atoms with E-state index >= 15 is 0 Å². The normalized spacial score (nSPS) is 24.4. The van der Waals surface area contributed by atoms with E-state index in [4.69, 9.17) is 11.6 Å². The Balaban J connectivity index is 1.62. The predicted octanol–water partition coefficient (Wildman–Crippen LogP) is 2.28. The van der Waals surface area contributed by atoms with Crippen LogP contribution in [0.25, 0.3) is 0 Å². The maximum absolute atomic E-state index is 13.7. The molecule has 150 valence electrons. The molecule has 4 rings (SSSR count). The Morgan fingerprint density at radius 1 is 1.25 bits per heavy atom. The van der Waals surface area contributed by atoms with Crippen molar-refractivity contribution in [2.24, 2.45) is 0 Å². The van der Waals surface area contributed by atoms with E-state index in [1.54, 1.807) is 6.07 Å². The van der Waals surface area contributed by atoms with Gasteiger partial charge in [-0.2, -0.15) is 5.10 Å². The smallest absolute Gasteiger partial charge is 0.335 e. The molecular formula is C18H18ClF3N4O2. The molecule has 0 spiro atoms. The fourth-order valence-electron chi connectivity index (χ4n) is 3.79. The highest BCUT2D eigenvalue weighted by Gasteiger charge is 2.40. The zero-order valence-electron chi connectivity index (χ0n) is 14.8. The summed E-state index contributed by atoms with van der Waals surface area (Å²) >= 11 is 5.68. The Kier molecular flexibility index (Phi) is 4.95. The summed E-state index contributed by atoms with van der Waals surface area (Å²) in [4.78, 5) is 26.8. The number of aryl methyl sites for hydroxylation is 1. The SMILES string of the molecule is O=C([C@@H]1CCCc2nn(Cc3ccc(Cl)c(F)c3)c(=O)n21)N1C[C@@H](F)[C@@H](F)C1. The number of likely N-dealkylation sites (tertiary alicyclic amines) is 1. The summed E-state index contributed by atoms with van der Waals surface area (Å²) in [7, 11) is 0. The molecule has 1 saturated heterocycles. The van der Waals surface area contributed by atoms with E-state index in [1.807, 2.05) is 0 Å². The Morgan fingerprint density at radius 3 is 2.64 bits per heavy atom. The Labute approximate surface area is 163 Å². The van der Waals surface area contributed by atoms with Gasteiger partial charge in [0.05, 0.1) is 24.7 Å². The van der Waals surface area contributed by atoms with E-state index in [-0.39, 0.29) is 24.7 Å². The lowest BCUT2D eigenvalue weighted by Crippen LogP contribution is -2.42. The molecular weight excluding hydrogens is 397 g/mol. The van der Waals surface area contributed by atoms with Gasteiger partial charge in [-0.3, -0.25) is 9.36 Å². The lowest BCUT2D eigenvalue weighted by Gasteiger charge is -2.26. The van der Waals surface area contributed by atoms with Crippen LogP contribution >= 0.6 is 11.6 Å². The summed E-state index contributed by atoms with van der Waals surface area (Å²) in [5.74, 6) is -0.625. The monoisotopic (exact) mass is 414 g/mol. The third-order valence-corrected chi connectivity index (χ3v) is 5.53. The van der Waals surface area contributed by atoms with Crippen molar-refractivity contribution in [2.45, 2.75) is 44.2 Å². The molecule has 0 aliphatic carbocycles. The number of carbonyl (C=O) groups excluding carboxylic acids is 1. The molecule has 0 N–H and O–H groups in total. The Bertz CT molecular complexity index is 966. The maximum Gasteiger partial charge on any atom is 0.346 e. The molecule has 0 bridgehead atoms. The van der Waals surface area contributed by atoms with Gasteiger partial charge >= 0.3 is 5.69 Å². The van der Waals surface area contributed by atoms with Gasteiger partial charge in [0.2, 0.25) is 5.91 Å². The van der Waals surface area contributed by atoms with Crippen molar-refractivity contribution in [2.75, 3.05) is 13.1 Å². The number of hydrogen-bond donors (Lipinski definition) is 0. The molecule has 1 amide bonds. The summed E-state index contributed by atoms with van der Waals surface area (Å²) in [6.07, 6.45) is -1.86. The number of hydrogen-bond acceptors (Lipinski definition) is 3. The van der Waals surface area contributed by atoms with Crippen LogP contribution in [0.4, 0.5) is 13.2 Å². The summed E-state index contributed by atoms with van der Waals surface area (Å²) in [5, 5.41) is 4.26. The molecule has 0 saturated carbocycles. The van der Waals surface area contributed by atoms with Crippen LogP contribution in [0, 0.1) is 5.82 Å². The van der Waals surface area contributed by atoms with Crippen molar-refractivity contribution in [1.82, 2.24) is 19.2 Å². The molecule has 28 heavy (non-hydrogen) atoms. The molecule has 1 aromatic carbocycles. The molecule has 10 heteroatoms. The van der Waals surface area contributed by atoms with Crippen molar-refractivity contribution in [3.8, 4) is 0 Å². The summed E-state index contributed by atoms with van der Waals surface area (Å²) in [6, 6.07) is 3.38. The van der Waals surface area contributed by atoms with Crippen molar-refractivity contribution in [3.05, 3.63) is 50.9 Å². The van der Waals surface area contributed by atoms with Crippen LogP contribution in [-0.4, -0.2) is 50.6 Å². The van der Waals surface area contributed by atoms with Crippen molar-refractivity contribution in [1.29, 1.82) is 0 Å². The maximum atomic E-state index is 13.7. The van der Waals surface area contributed by atoms with Crippen LogP contribution < -0.4 is 5.69 Å². The number of benzene rings is 1. The van der Waals surface area contributed by atoms with Gasteiger partial charge in [0.1, 0.15) is 17.7 Å². The van der Waals surface area contributed by atoms with Crippen LogP contribution in [-0.2, 0) is 17.8 Å². The fourth-order valence-corrected chi connectivity index (χ4v) is 3.91. The highest BCUT2D eigenvalue weighted by Crippen LogP contribution is 2.27. The van der Waals surface area contributed by atoms with Gasteiger partial charge in [0.15, 0.2) is 12.3 Å². The first kappa shape index (κ1) is 19.0. The minimum absolute atomic E-state index is 0.0196. The van der Waals surface area contributed by atoms with Gasteiger partial charge < -0.3 is 4.90 Å². The number of alkyl halides is 2. The predicted molar refractivity (Wildman–Crippen MR) is 95.3 cm³/mol. The highest BCUT2D eigenvalue weighted by atomic mass is 35.5. The highest BCUT2D eigenvalue weighted by molar-refractivity contribution is 6.30. The standard InChI is InChI=1S/C18H18ClF3N4O2/c19-11-5-4-10(6-12(11)20)7-25-18(28)26-15(2-1-3-16(26)23-25)17(27)24-8-13(21)14(22)9-24/h4-6,13-15H,1-3,7-9H2/t13-,14+,15-/m0/s1. The summed E-state index contributed by atoms with van der Waals surface area (Å²) in [5.41, 5.74) is -0.00129. The minimum Gasteiger partial charge on any atom is -0.335 e. The molecule has 1 fully saturated rings. The average molecular weight is 415 g/mol. The number of rotatable bonds is 3. The lowest BCUT2D eigenvalue weighted by molar-refractivity contribution is -0.134. The van der Waals surface area contributed by atoms with E-state index in [9.17, 15) is 22.8 Å². The van der Waals surface area contributed by atoms with E-state index in [1.165, 1.54) is 21.4 Å². The molecule has 2 aliphatic rings. The third-order valence-electron chi connectivity index (χ3n) is 5.23. The zero-order chi connectivity index (χ0) is 20.0.